The Morgan fingerprint density at radius 2 is 2.33 bits per heavy atom. The van der Waals surface area contributed by atoms with Crippen LogP contribution in [-0.4, -0.2) is 15.0 Å². The van der Waals surface area contributed by atoms with Crippen LogP contribution in [0.25, 0.3) is 11.2 Å². The van der Waals surface area contributed by atoms with Gasteiger partial charge in [0.25, 0.3) is 0 Å². The molecule has 3 N–H and O–H groups in total. The van der Waals surface area contributed by atoms with E-state index in [0.29, 0.717) is 11.2 Å². The standard InChI is InChI=1S/C5H5N5O.K/c6-5-9-3-2(4(11)10-5)7-1-8-3;/h1H,(H4,6,7,8,9,10,11);/q;+1/p-1. The maximum atomic E-state index is 11.0. The smallest absolute Gasteiger partial charge is 0.453 e. The van der Waals surface area contributed by atoms with Crippen molar-refractivity contribution in [3.05, 3.63) is 16.7 Å². The zero-order valence-corrected chi connectivity index (χ0v) is 9.53. The van der Waals surface area contributed by atoms with Crippen LogP contribution in [0.3, 0.4) is 0 Å². The fraction of sp³-hybridized carbons (Fsp3) is 0. The summed E-state index contributed by atoms with van der Waals surface area (Å²) >= 11 is 0. The number of H-pyrrole nitrogens is 1. The van der Waals surface area contributed by atoms with Gasteiger partial charge in [0.1, 0.15) is 11.2 Å². The molecule has 2 heterocycles. The van der Waals surface area contributed by atoms with Gasteiger partial charge in [-0.05, 0) is 0 Å². The van der Waals surface area contributed by atoms with Crippen LogP contribution in [0, 0.1) is 0 Å². The second kappa shape index (κ2) is 3.67. The Balaban J connectivity index is 0.000000720. The van der Waals surface area contributed by atoms with Crippen LogP contribution >= 0.6 is 0 Å². The molecule has 0 amide bonds. The number of hydrogen-bond acceptors (Lipinski definition) is 4. The van der Waals surface area contributed by atoms with Gasteiger partial charge in [-0.25, -0.2) is 4.98 Å². The molecule has 0 saturated heterocycles. The van der Waals surface area contributed by atoms with E-state index < -0.39 is 5.56 Å². The zero-order valence-electron chi connectivity index (χ0n) is 6.40. The zero-order chi connectivity index (χ0) is 7.84. The van der Waals surface area contributed by atoms with E-state index in [4.69, 9.17) is 5.73 Å². The van der Waals surface area contributed by atoms with E-state index in [0.717, 1.165) is 0 Å². The summed E-state index contributed by atoms with van der Waals surface area (Å²) in [6.45, 7) is 0. The predicted octanol–water partition coefficient (Wildman–Crippen LogP) is -4.14. The normalized spacial score (nSPS) is 9.67. The molecule has 0 aliphatic heterocycles. The number of nitrogens with two attached hydrogens (primary N) is 1. The molecule has 0 fully saturated rings. The molecule has 0 aromatic carbocycles. The van der Waals surface area contributed by atoms with E-state index in [1.54, 1.807) is 0 Å². The van der Waals surface area contributed by atoms with Gasteiger partial charge in [0.05, 0.1) is 6.33 Å². The quantitative estimate of drug-likeness (QED) is 0.410. The summed E-state index contributed by atoms with van der Waals surface area (Å²) in [5, 5.41) is 0. The first-order chi connectivity index (χ1) is 5.27. The van der Waals surface area contributed by atoms with Gasteiger partial charge >= 0.3 is 51.4 Å². The van der Waals surface area contributed by atoms with Crippen molar-refractivity contribution in [1.29, 1.82) is 0 Å². The topological polar surface area (TPSA) is 98.8 Å². The van der Waals surface area contributed by atoms with E-state index in [2.05, 4.69) is 19.9 Å². The van der Waals surface area contributed by atoms with E-state index >= 15 is 0 Å². The first-order valence-electron chi connectivity index (χ1n) is 2.91. The number of fused-ring (bicyclic) bond motifs is 1. The van der Waals surface area contributed by atoms with Crippen LogP contribution in [-0.2, 0) is 0 Å². The fourth-order valence-electron chi connectivity index (χ4n) is 0.823. The first-order valence-corrected chi connectivity index (χ1v) is 2.91. The van der Waals surface area contributed by atoms with Gasteiger partial charge in [0, 0.05) is 5.95 Å². The summed E-state index contributed by atoms with van der Waals surface area (Å²) < 4.78 is 0. The van der Waals surface area contributed by atoms with E-state index in [1.807, 2.05) is 0 Å². The number of aromatic amines is 1. The van der Waals surface area contributed by atoms with E-state index in [9.17, 15) is 4.79 Å². The van der Waals surface area contributed by atoms with Crippen LogP contribution in [0.1, 0.15) is 0 Å². The molecule has 0 radical (unpaired) electrons. The van der Waals surface area contributed by atoms with Crippen molar-refractivity contribution in [2.75, 3.05) is 5.73 Å². The number of nitrogens with zero attached hydrogens (tertiary/aromatic N) is 3. The molecular weight excluding hydrogens is 185 g/mol. The van der Waals surface area contributed by atoms with Gasteiger partial charge < -0.3 is 20.7 Å². The number of rotatable bonds is 0. The van der Waals surface area contributed by atoms with Crippen molar-refractivity contribution >= 4 is 17.1 Å². The van der Waals surface area contributed by atoms with Gasteiger partial charge in [0.2, 0.25) is 5.56 Å². The molecule has 2 aromatic rings. The third-order valence-corrected chi connectivity index (χ3v) is 1.27. The average molecular weight is 189 g/mol. The maximum Gasteiger partial charge on any atom is 1.00 e. The SMILES string of the molecule is Nc1nc2nc[nH]c2c(=O)[n-]1.[K+]. The van der Waals surface area contributed by atoms with Gasteiger partial charge in [0.15, 0.2) is 0 Å². The summed E-state index contributed by atoms with van der Waals surface area (Å²) in [6, 6.07) is 0. The Hall–Kier alpha value is -0.214. The average Bonchev–Trinajstić information content (AvgIpc) is 2.34. The molecule has 0 bridgehead atoms. The third kappa shape index (κ3) is 1.59. The van der Waals surface area contributed by atoms with Gasteiger partial charge in [-0.15, -0.1) is 0 Å². The molecule has 6 nitrogen and oxygen atoms in total. The molecule has 12 heavy (non-hydrogen) atoms. The Labute approximate surface area is 109 Å². The van der Waals surface area contributed by atoms with Crippen molar-refractivity contribution in [2.45, 2.75) is 0 Å². The van der Waals surface area contributed by atoms with Gasteiger partial charge in [-0.2, -0.15) is 0 Å². The van der Waals surface area contributed by atoms with Crippen LogP contribution in [0.5, 0.6) is 0 Å². The Morgan fingerprint density at radius 3 is 3.08 bits per heavy atom. The maximum absolute atomic E-state index is 11.0. The van der Waals surface area contributed by atoms with Crippen LogP contribution < -0.4 is 67.7 Å². The van der Waals surface area contributed by atoms with Crippen molar-refractivity contribution in [3.63, 3.8) is 0 Å². The minimum Gasteiger partial charge on any atom is -0.453 e. The number of aromatic nitrogens is 4. The number of anilines is 1. The molecule has 0 spiro atoms. The predicted molar refractivity (Wildman–Crippen MR) is 37.9 cm³/mol. The molecule has 0 atom stereocenters. The summed E-state index contributed by atoms with van der Waals surface area (Å²) in [7, 11) is 0. The molecule has 7 heteroatoms. The monoisotopic (exact) mass is 189 g/mol. The molecular formula is C5H4KN5O. The second-order valence-electron chi connectivity index (χ2n) is 1.99. The van der Waals surface area contributed by atoms with Crippen molar-refractivity contribution in [2.24, 2.45) is 0 Å². The Kier molecular flexibility index (Phi) is 3.02. The van der Waals surface area contributed by atoms with Gasteiger partial charge in [-0.3, -0.25) is 4.79 Å². The fourth-order valence-corrected chi connectivity index (χ4v) is 0.823. The van der Waals surface area contributed by atoms with E-state index in [-0.39, 0.29) is 57.3 Å². The summed E-state index contributed by atoms with van der Waals surface area (Å²) in [5.41, 5.74) is 5.38. The van der Waals surface area contributed by atoms with Crippen LogP contribution in [0.15, 0.2) is 11.1 Å². The third-order valence-electron chi connectivity index (χ3n) is 1.27. The number of hydrogen-bond donors (Lipinski definition) is 2. The molecule has 0 unspecified atom stereocenters. The molecule has 0 aliphatic rings. The van der Waals surface area contributed by atoms with Crippen molar-refractivity contribution in [3.8, 4) is 0 Å². The largest absolute Gasteiger partial charge is 1.00 e. The van der Waals surface area contributed by atoms with E-state index in [1.165, 1.54) is 6.33 Å². The Morgan fingerprint density at radius 1 is 1.58 bits per heavy atom. The molecule has 56 valence electrons. The van der Waals surface area contributed by atoms with Crippen LogP contribution in [0.2, 0.25) is 0 Å². The minimum atomic E-state index is -0.426. The summed E-state index contributed by atoms with van der Waals surface area (Å²) in [5.74, 6) is -0.0467. The molecule has 2 aromatic heterocycles. The first kappa shape index (κ1) is 9.87. The van der Waals surface area contributed by atoms with Crippen molar-refractivity contribution in [1.82, 2.24) is 19.9 Å². The van der Waals surface area contributed by atoms with Gasteiger partial charge in [-0.1, -0.05) is 0 Å². The molecule has 0 aliphatic carbocycles. The second-order valence-corrected chi connectivity index (χ2v) is 1.99. The number of nitrogen functional groups attached to an aromatic ring is 1. The Bertz CT molecular complexity index is 446. The summed E-state index contributed by atoms with van der Waals surface area (Å²) in [6.07, 6.45) is 1.38. The van der Waals surface area contributed by atoms with Crippen LogP contribution in [0.4, 0.5) is 5.95 Å². The number of imidazole rings is 1. The molecule has 2 rings (SSSR count). The minimum absolute atomic E-state index is 0. The van der Waals surface area contributed by atoms with Crippen molar-refractivity contribution < 1.29 is 51.4 Å². The number of nitrogens with one attached hydrogen (secondary N) is 1. The molecule has 0 saturated carbocycles. The summed E-state index contributed by atoms with van der Waals surface area (Å²) in [4.78, 5) is 24.5.